The molecule has 1 aromatic rings. The van der Waals surface area contributed by atoms with Gasteiger partial charge in [-0.3, -0.25) is 4.18 Å². The van der Waals surface area contributed by atoms with Crippen LogP contribution in [0.4, 0.5) is 4.79 Å². The molecule has 0 saturated carbocycles. The van der Waals surface area contributed by atoms with E-state index in [4.69, 9.17) is 9.84 Å². The van der Waals surface area contributed by atoms with Gasteiger partial charge in [-0.15, -0.1) is 0 Å². The van der Waals surface area contributed by atoms with Gasteiger partial charge in [-0.05, 0) is 6.07 Å². The molecule has 1 aromatic heterocycles. The van der Waals surface area contributed by atoms with Crippen molar-refractivity contribution in [3.05, 3.63) is 23.9 Å². The normalized spacial score (nSPS) is 16.5. The number of hydrogen-bond acceptors (Lipinski definition) is 6. The summed E-state index contributed by atoms with van der Waals surface area (Å²) in [7, 11) is -3.52. The molecular formula is C13H18N2O6S. The molecule has 0 bridgehead atoms. The average Bonchev–Trinajstić information content (AvgIpc) is 2.45. The number of aromatic nitrogens is 1. The van der Waals surface area contributed by atoms with Crippen LogP contribution in [-0.4, -0.2) is 55.0 Å². The van der Waals surface area contributed by atoms with Crippen LogP contribution in [0.3, 0.4) is 0 Å². The molecule has 1 saturated heterocycles. The van der Waals surface area contributed by atoms with Gasteiger partial charge in [0, 0.05) is 32.0 Å². The number of likely N-dealkylation sites (tertiary alicyclic amines) is 1. The summed E-state index contributed by atoms with van der Waals surface area (Å²) in [6.45, 7) is 0.710. The van der Waals surface area contributed by atoms with E-state index in [1.807, 2.05) is 0 Å². The number of piperidine rings is 1. The zero-order valence-corrected chi connectivity index (χ0v) is 13.0. The Morgan fingerprint density at radius 2 is 2.09 bits per heavy atom. The summed E-state index contributed by atoms with van der Waals surface area (Å²) in [6, 6.07) is 5.02. The first-order valence-corrected chi connectivity index (χ1v) is 8.60. The van der Waals surface area contributed by atoms with E-state index >= 15 is 0 Å². The fraction of sp³-hybridized carbons (Fsp3) is 0.538. The van der Waals surface area contributed by atoms with Crippen LogP contribution in [0.5, 0.6) is 5.88 Å². The van der Waals surface area contributed by atoms with Gasteiger partial charge in [0.25, 0.3) is 10.1 Å². The van der Waals surface area contributed by atoms with Crippen molar-refractivity contribution in [2.75, 3.05) is 19.3 Å². The molecule has 9 heteroatoms. The molecule has 0 radical (unpaired) electrons. The van der Waals surface area contributed by atoms with E-state index < -0.39 is 16.2 Å². The summed E-state index contributed by atoms with van der Waals surface area (Å²) in [4.78, 5) is 16.4. The lowest BCUT2D eigenvalue weighted by Gasteiger charge is -2.29. The lowest BCUT2D eigenvalue weighted by Crippen LogP contribution is -2.41. The van der Waals surface area contributed by atoms with E-state index in [1.165, 1.54) is 4.90 Å². The van der Waals surface area contributed by atoms with Gasteiger partial charge in [-0.2, -0.15) is 8.42 Å². The lowest BCUT2D eigenvalue weighted by atomic mass is 10.1. The highest BCUT2D eigenvalue weighted by Gasteiger charge is 2.23. The molecule has 1 N–H and O–H groups in total. The maximum atomic E-state index is 11.0. The monoisotopic (exact) mass is 330 g/mol. The molecule has 8 nitrogen and oxygen atoms in total. The third-order valence-electron chi connectivity index (χ3n) is 3.20. The number of ether oxygens (including phenoxy) is 1. The third kappa shape index (κ3) is 5.15. The van der Waals surface area contributed by atoms with Gasteiger partial charge in [0.15, 0.2) is 0 Å². The van der Waals surface area contributed by atoms with Crippen LogP contribution in [0.25, 0.3) is 0 Å². The second kappa shape index (κ2) is 6.93. The number of amides is 1. The molecule has 0 spiro atoms. The van der Waals surface area contributed by atoms with Crippen molar-refractivity contribution in [1.82, 2.24) is 9.88 Å². The van der Waals surface area contributed by atoms with E-state index in [0.29, 0.717) is 37.5 Å². The van der Waals surface area contributed by atoms with Crippen LogP contribution in [0, 0.1) is 0 Å². The minimum atomic E-state index is -3.52. The Kier molecular flexibility index (Phi) is 5.19. The summed E-state index contributed by atoms with van der Waals surface area (Å²) in [5, 5.41) is 8.89. The summed E-state index contributed by atoms with van der Waals surface area (Å²) in [6.07, 6.45) is 1.14. The minimum Gasteiger partial charge on any atom is -0.474 e. The van der Waals surface area contributed by atoms with Crippen LogP contribution in [0.1, 0.15) is 18.5 Å². The molecule has 1 aliphatic rings. The van der Waals surface area contributed by atoms with Gasteiger partial charge in [-0.1, -0.05) is 6.07 Å². The van der Waals surface area contributed by atoms with Crippen molar-refractivity contribution in [1.29, 1.82) is 0 Å². The minimum absolute atomic E-state index is 0.103. The molecule has 0 unspecified atom stereocenters. The van der Waals surface area contributed by atoms with Crippen LogP contribution < -0.4 is 4.74 Å². The van der Waals surface area contributed by atoms with E-state index in [9.17, 15) is 13.2 Å². The standard InChI is InChI=1S/C13H18N2O6S/c1-22(18,19)20-9-10-3-2-4-12(14-10)21-11-5-7-15(8-6-11)13(16)17/h2-4,11H,5-9H2,1H3,(H,16,17). The van der Waals surface area contributed by atoms with Crippen LogP contribution >= 0.6 is 0 Å². The molecule has 2 heterocycles. The third-order valence-corrected chi connectivity index (χ3v) is 3.75. The van der Waals surface area contributed by atoms with Gasteiger partial charge >= 0.3 is 6.09 Å². The summed E-state index contributed by atoms with van der Waals surface area (Å²) >= 11 is 0. The first-order valence-electron chi connectivity index (χ1n) is 6.78. The average molecular weight is 330 g/mol. The molecule has 2 rings (SSSR count). The topological polar surface area (TPSA) is 106 Å². The SMILES string of the molecule is CS(=O)(=O)OCc1cccc(OC2CCN(C(=O)O)CC2)n1. The number of hydrogen-bond donors (Lipinski definition) is 1. The molecule has 22 heavy (non-hydrogen) atoms. The van der Waals surface area contributed by atoms with E-state index in [-0.39, 0.29) is 12.7 Å². The predicted octanol–water partition coefficient (Wildman–Crippen LogP) is 1.08. The van der Waals surface area contributed by atoms with Crippen LogP contribution in [0.2, 0.25) is 0 Å². The number of pyridine rings is 1. The Labute approximate surface area is 128 Å². The molecule has 1 fully saturated rings. The highest BCUT2D eigenvalue weighted by molar-refractivity contribution is 7.85. The Bertz CT molecular complexity index is 625. The maximum Gasteiger partial charge on any atom is 0.407 e. The molecule has 0 atom stereocenters. The first kappa shape index (κ1) is 16.5. The first-order chi connectivity index (χ1) is 10.3. The smallest absolute Gasteiger partial charge is 0.407 e. The molecular weight excluding hydrogens is 312 g/mol. The fourth-order valence-corrected chi connectivity index (χ4v) is 2.44. The Balaban J connectivity index is 1.90. The van der Waals surface area contributed by atoms with Crippen molar-refractivity contribution < 1.29 is 27.2 Å². The van der Waals surface area contributed by atoms with Crippen molar-refractivity contribution in [3.63, 3.8) is 0 Å². The molecule has 122 valence electrons. The summed E-state index contributed by atoms with van der Waals surface area (Å²) in [5.74, 6) is 0.378. The highest BCUT2D eigenvalue weighted by Crippen LogP contribution is 2.18. The van der Waals surface area contributed by atoms with Crippen LogP contribution in [-0.2, 0) is 20.9 Å². The lowest BCUT2D eigenvalue weighted by molar-refractivity contribution is 0.0868. The number of nitrogens with zero attached hydrogens (tertiary/aromatic N) is 2. The molecule has 1 aliphatic heterocycles. The van der Waals surface area contributed by atoms with Crippen molar-refractivity contribution in [2.45, 2.75) is 25.6 Å². The van der Waals surface area contributed by atoms with Gasteiger partial charge in [0.05, 0.1) is 11.9 Å². The Morgan fingerprint density at radius 1 is 1.41 bits per heavy atom. The second-order valence-electron chi connectivity index (χ2n) is 5.02. The van der Waals surface area contributed by atoms with E-state index in [2.05, 4.69) is 9.17 Å². The largest absolute Gasteiger partial charge is 0.474 e. The van der Waals surface area contributed by atoms with Gasteiger partial charge in [-0.25, -0.2) is 9.78 Å². The Morgan fingerprint density at radius 3 is 2.68 bits per heavy atom. The summed E-state index contributed by atoms with van der Waals surface area (Å²) in [5.41, 5.74) is 0.450. The van der Waals surface area contributed by atoms with Gasteiger partial charge in [0.1, 0.15) is 12.7 Å². The zero-order valence-electron chi connectivity index (χ0n) is 12.1. The van der Waals surface area contributed by atoms with Crippen molar-refractivity contribution in [3.8, 4) is 5.88 Å². The van der Waals surface area contributed by atoms with Gasteiger partial charge < -0.3 is 14.7 Å². The Hall–Kier alpha value is -1.87. The number of carboxylic acid groups (broad SMARTS) is 1. The van der Waals surface area contributed by atoms with E-state index in [1.54, 1.807) is 18.2 Å². The predicted molar refractivity (Wildman–Crippen MR) is 77.1 cm³/mol. The quantitative estimate of drug-likeness (QED) is 0.805. The molecule has 1 amide bonds. The van der Waals surface area contributed by atoms with Crippen molar-refractivity contribution in [2.24, 2.45) is 0 Å². The highest BCUT2D eigenvalue weighted by atomic mass is 32.2. The molecule has 0 aliphatic carbocycles. The van der Waals surface area contributed by atoms with E-state index in [0.717, 1.165) is 6.26 Å². The summed E-state index contributed by atoms with van der Waals surface area (Å²) < 4.78 is 32.3. The zero-order chi connectivity index (χ0) is 16.2. The van der Waals surface area contributed by atoms with Crippen LogP contribution in [0.15, 0.2) is 18.2 Å². The maximum absolute atomic E-state index is 11.0. The molecule has 0 aromatic carbocycles. The second-order valence-corrected chi connectivity index (χ2v) is 6.66. The van der Waals surface area contributed by atoms with Crippen molar-refractivity contribution >= 4 is 16.2 Å². The number of rotatable bonds is 5. The number of carbonyl (C=O) groups is 1. The fourth-order valence-electron chi connectivity index (χ4n) is 2.11. The van der Waals surface area contributed by atoms with Gasteiger partial charge in [0.2, 0.25) is 5.88 Å².